The summed E-state index contributed by atoms with van der Waals surface area (Å²) in [7, 11) is 0. The first kappa shape index (κ1) is 14.5. The van der Waals surface area contributed by atoms with Crippen LogP contribution in [0.15, 0.2) is 67.0 Å². The molecule has 22 heavy (non-hydrogen) atoms. The predicted molar refractivity (Wildman–Crippen MR) is 85.3 cm³/mol. The lowest BCUT2D eigenvalue weighted by Gasteiger charge is -2.20. The molecule has 3 aromatic rings. The number of rotatable bonds is 4. The molecular formula is C17H13ClFN3. The largest absolute Gasteiger partial charge is 0.358 e. The zero-order chi connectivity index (χ0) is 15.4. The Morgan fingerprint density at radius 3 is 2.45 bits per heavy atom. The molecule has 0 aliphatic heterocycles. The van der Waals surface area contributed by atoms with E-state index in [1.54, 1.807) is 12.3 Å². The third kappa shape index (κ3) is 3.40. The van der Waals surface area contributed by atoms with Gasteiger partial charge in [-0.1, -0.05) is 54.1 Å². The van der Waals surface area contributed by atoms with E-state index in [-0.39, 0.29) is 11.9 Å². The minimum atomic E-state index is -0.280. The first-order valence-corrected chi connectivity index (χ1v) is 7.14. The van der Waals surface area contributed by atoms with Crippen LogP contribution in [0.4, 0.5) is 10.2 Å². The molecule has 0 saturated heterocycles. The third-order valence-corrected chi connectivity index (χ3v) is 3.39. The van der Waals surface area contributed by atoms with E-state index in [9.17, 15) is 4.39 Å². The highest BCUT2D eigenvalue weighted by molar-refractivity contribution is 6.29. The second kappa shape index (κ2) is 6.54. The molecule has 0 aliphatic rings. The Morgan fingerprint density at radius 1 is 0.955 bits per heavy atom. The Labute approximate surface area is 132 Å². The average molecular weight is 314 g/mol. The summed E-state index contributed by atoms with van der Waals surface area (Å²) < 4.78 is 13.6. The van der Waals surface area contributed by atoms with Crippen LogP contribution < -0.4 is 5.32 Å². The van der Waals surface area contributed by atoms with E-state index in [0.717, 1.165) is 11.1 Å². The Kier molecular flexibility index (Phi) is 4.30. The van der Waals surface area contributed by atoms with Crippen LogP contribution in [0.5, 0.6) is 0 Å². The second-order valence-corrected chi connectivity index (χ2v) is 5.16. The SMILES string of the molecule is Fc1cccc(C(Nc2cncc(Cl)n2)c2ccccc2)c1. The van der Waals surface area contributed by atoms with Crippen LogP contribution in [0, 0.1) is 5.82 Å². The van der Waals surface area contributed by atoms with Crippen molar-refractivity contribution in [2.45, 2.75) is 6.04 Å². The summed E-state index contributed by atoms with van der Waals surface area (Å²) in [5.41, 5.74) is 1.79. The standard InChI is InChI=1S/C17H13ClFN3/c18-15-10-20-11-16(21-15)22-17(12-5-2-1-3-6-12)13-7-4-8-14(19)9-13/h1-11,17H,(H,21,22). The zero-order valence-corrected chi connectivity index (χ0v) is 12.3. The van der Waals surface area contributed by atoms with E-state index < -0.39 is 0 Å². The quantitative estimate of drug-likeness (QED) is 0.772. The Hall–Kier alpha value is -2.46. The number of aromatic nitrogens is 2. The van der Waals surface area contributed by atoms with Crippen LogP contribution in [0.1, 0.15) is 17.2 Å². The molecular weight excluding hydrogens is 301 g/mol. The molecule has 1 aromatic heterocycles. The summed E-state index contributed by atoms with van der Waals surface area (Å²) >= 11 is 5.87. The summed E-state index contributed by atoms with van der Waals surface area (Å²) in [6.45, 7) is 0. The van der Waals surface area contributed by atoms with Crippen molar-refractivity contribution >= 4 is 17.4 Å². The number of nitrogens with one attached hydrogen (secondary N) is 1. The van der Waals surface area contributed by atoms with Gasteiger partial charge in [-0.3, -0.25) is 4.98 Å². The van der Waals surface area contributed by atoms with Crippen molar-refractivity contribution in [1.29, 1.82) is 0 Å². The van der Waals surface area contributed by atoms with E-state index in [2.05, 4.69) is 15.3 Å². The summed E-state index contributed by atoms with van der Waals surface area (Å²) in [4.78, 5) is 8.20. The molecule has 0 amide bonds. The number of anilines is 1. The number of benzene rings is 2. The molecule has 1 N–H and O–H groups in total. The van der Waals surface area contributed by atoms with Crippen molar-refractivity contribution in [3.63, 3.8) is 0 Å². The lowest BCUT2D eigenvalue weighted by Crippen LogP contribution is -2.13. The summed E-state index contributed by atoms with van der Waals surface area (Å²) in [6.07, 6.45) is 3.05. The molecule has 0 aliphatic carbocycles. The normalized spacial score (nSPS) is 11.9. The van der Waals surface area contributed by atoms with Crippen LogP contribution >= 0.6 is 11.6 Å². The second-order valence-electron chi connectivity index (χ2n) is 4.77. The molecule has 3 rings (SSSR count). The molecule has 0 radical (unpaired) electrons. The van der Waals surface area contributed by atoms with Crippen molar-refractivity contribution in [1.82, 2.24) is 9.97 Å². The molecule has 0 bridgehead atoms. The van der Waals surface area contributed by atoms with Gasteiger partial charge in [-0.15, -0.1) is 0 Å². The van der Waals surface area contributed by atoms with E-state index in [4.69, 9.17) is 11.6 Å². The Bertz CT molecular complexity index is 765. The fraction of sp³-hybridized carbons (Fsp3) is 0.0588. The topological polar surface area (TPSA) is 37.8 Å². The maximum Gasteiger partial charge on any atom is 0.149 e. The predicted octanol–water partition coefficient (Wildman–Crippen LogP) is 4.47. The van der Waals surface area contributed by atoms with Gasteiger partial charge in [0.25, 0.3) is 0 Å². The van der Waals surface area contributed by atoms with Gasteiger partial charge >= 0.3 is 0 Å². The van der Waals surface area contributed by atoms with Crippen LogP contribution in [0.2, 0.25) is 5.15 Å². The molecule has 2 aromatic carbocycles. The van der Waals surface area contributed by atoms with Gasteiger partial charge in [0.2, 0.25) is 0 Å². The van der Waals surface area contributed by atoms with Gasteiger partial charge in [-0.05, 0) is 23.3 Å². The van der Waals surface area contributed by atoms with Gasteiger partial charge in [0.1, 0.15) is 16.8 Å². The van der Waals surface area contributed by atoms with Crippen LogP contribution in [-0.4, -0.2) is 9.97 Å². The van der Waals surface area contributed by atoms with Crippen molar-refractivity contribution in [3.05, 3.63) is 89.1 Å². The van der Waals surface area contributed by atoms with E-state index in [1.807, 2.05) is 36.4 Å². The average Bonchev–Trinajstić information content (AvgIpc) is 2.53. The van der Waals surface area contributed by atoms with Gasteiger partial charge in [0.05, 0.1) is 18.4 Å². The number of nitrogens with zero attached hydrogens (tertiary/aromatic N) is 2. The highest BCUT2D eigenvalue weighted by Crippen LogP contribution is 2.26. The highest BCUT2D eigenvalue weighted by atomic mass is 35.5. The van der Waals surface area contributed by atoms with Crippen LogP contribution in [0.25, 0.3) is 0 Å². The first-order chi connectivity index (χ1) is 10.7. The van der Waals surface area contributed by atoms with Gasteiger partial charge in [0, 0.05) is 0 Å². The van der Waals surface area contributed by atoms with Gasteiger partial charge in [-0.25, -0.2) is 9.37 Å². The molecule has 1 atom stereocenters. The zero-order valence-electron chi connectivity index (χ0n) is 11.6. The fourth-order valence-corrected chi connectivity index (χ4v) is 2.40. The van der Waals surface area contributed by atoms with Crippen molar-refractivity contribution in [3.8, 4) is 0 Å². The smallest absolute Gasteiger partial charge is 0.149 e. The molecule has 110 valence electrons. The number of hydrogen-bond donors (Lipinski definition) is 1. The van der Waals surface area contributed by atoms with Crippen molar-refractivity contribution in [2.75, 3.05) is 5.32 Å². The molecule has 5 heteroatoms. The lowest BCUT2D eigenvalue weighted by molar-refractivity contribution is 0.624. The molecule has 1 unspecified atom stereocenters. The van der Waals surface area contributed by atoms with E-state index in [1.165, 1.54) is 18.3 Å². The maximum absolute atomic E-state index is 13.6. The minimum Gasteiger partial charge on any atom is -0.358 e. The van der Waals surface area contributed by atoms with Gasteiger partial charge < -0.3 is 5.32 Å². The number of hydrogen-bond acceptors (Lipinski definition) is 3. The van der Waals surface area contributed by atoms with E-state index >= 15 is 0 Å². The Balaban J connectivity index is 2.00. The molecule has 0 saturated carbocycles. The van der Waals surface area contributed by atoms with E-state index in [0.29, 0.717) is 11.0 Å². The van der Waals surface area contributed by atoms with Crippen LogP contribution in [-0.2, 0) is 0 Å². The van der Waals surface area contributed by atoms with Crippen molar-refractivity contribution in [2.24, 2.45) is 0 Å². The fourth-order valence-electron chi connectivity index (χ4n) is 2.25. The molecule has 0 fully saturated rings. The Morgan fingerprint density at radius 2 is 1.73 bits per heavy atom. The van der Waals surface area contributed by atoms with Crippen molar-refractivity contribution < 1.29 is 4.39 Å². The first-order valence-electron chi connectivity index (χ1n) is 6.77. The van der Waals surface area contributed by atoms with Gasteiger partial charge in [-0.2, -0.15) is 0 Å². The molecule has 1 heterocycles. The summed E-state index contributed by atoms with van der Waals surface area (Å²) in [6, 6.07) is 16.0. The molecule has 0 spiro atoms. The minimum absolute atomic E-state index is 0.246. The summed E-state index contributed by atoms with van der Waals surface area (Å²) in [5, 5.41) is 3.56. The highest BCUT2D eigenvalue weighted by Gasteiger charge is 2.15. The third-order valence-electron chi connectivity index (χ3n) is 3.21. The monoisotopic (exact) mass is 313 g/mol. The summed E-state index contributed by atoms with van der Waals surface area (Å²) in [5.74, 6) is 0.253. The number of halogens is 2. The van der Waals surface area contributed by atoms with Crippen LogP contribution in [0.3, 0.4) is 0 Å². The molecule has 3 nitrogen and oxygen atoms in total. The lowest BCUT2D eigenvalue weighted by atomic mass is 9.98. The van der Waals surface area contributed by atoms with Gasteiger partial charge in [0.15, 0.2) is 0 Å². The maximum atomic E-state index is 13.6.